The summed E-state index contributed by atoms with van der Waals surface area (Å²) in [5.41, 5.74) is 0.299. The number of benzene rings is 1. The summed E-state index contributed by atoms with van der Waals surface area (Å²) in [5, 5.41) is 12.1. The lowest BCUT2D eigenvalue weighted by Crippen LogP contribution is -2.51. The molecule has 1 atom stereocenters. The molecule has 2 N–H and O–H groups in total. The zero-order chi connectivity index (χ0) is 16.4. The average molecular weight is 371 g/mol. The monoisotopic (exact) mass is 370 g/mol. The van der Waals surface area contributed by atoms with Crippen molar-refractivity contribution in [1.29, 1.82) is 0 Å². The molecule has 1 aromatic carbocycles. The highest BCUT2D eigenvalue weighted by molar-refractivity contribution is 7.90. The second-order valence-corrected chi connectivity index (χ2v) is 7.46. The van der Waals surface area contributed by atoms with Gasteiger partial charge in [0.2, 0.25) is 0 Å². The molecule has 9 heteroatoms. The molecule has 0 bridgehead atoms. The first-order valence-corrected chi connectivity index (χ1v) is 8.88. The van der Waals surface area contributed by atoms with E-state index < -0.39 is 28.4 Å². The van der Waals surface area contributed by atoms with Crippen LogP contribution >= 0.6 is 12.4 Å². The summed E-state index contributed by atoms with van der Waals surface area (Å²) in [5.74, 6) is -3.30. The fourth-order valence-electron chi connectivity index (χ4n) is 2.65. The van der Waals surface area contributed by atoms with Gasteiger partial charge < -0.3 is 10.4 Å². The number of rotatable bonds is 5. The Morgan fingerprint density at radius 1 is 1.26 bits per heavy atom. The number of aliphatic hydroxyl groups is 1. The first-order chi connectivity index (χ1) is 10.3. The molecule has 0 aromatic heterocycles. The molecule has 0 unspecified atom stereocenters. The molecule has 1 saturated heterocycles. The highest BCUT2D eigenvalue weighted by Crippen LogP contribution is 2.36. The van der Waals surface area contributed by atoms with E-state index in [2.05, 4.69) is 5.32 Å². The van der Waals surface area contributed by atoms with E-state index in [1.165, 1.54) is 24.3 Å². The Labute approximate surface area is 141 Å². The van der Waals surface area contributed by atoms with Crippen molar-refractivity contribution in [3.8, 4) is 0 Å². The third-order valence-electron chi connectivity index (χ3n) is 3.75. The Bertz CT molecular complexity index is 605. The van der Waals surface area contributed by atoms with E-state index in [1.54, 1.807) is 4.90 Å². The van der Waals surface area contributed by atoms with Crippen molar-refractivity contribution in [2.75, 3.05) is 39.0 Å². The van der Waals surface area contributed by atoms with Gasteiger partial charge in [0.05, 0.1) is 4.90 Å². The molecule has 132 valence electrons. The van der Waals surface area contributed by atoms with Crippen LogP contribution in [0.4, 0.5) is 8.78 Å². The van der Waals surface area contributed by atoms with E-state index in [0.717, 1.165) is 6.26 Å². The Hall–Kier alpha value is -0.800. The van der Waals surface area contributed by atoms with Gasteiger partial charge in [-0.25, -0.2) is 17.2 Å². The van der Waals surface area contributed by atoms with Gasteiger partial charge in [0.1, 0.15) is 12.6 Å². The summed E-state index contributed by atoms with van der Waals surface area (Å²) in [6.07, 6.45) is 1.07. The predicted molar refractivity (Wildman–Crippen MR) is 86.0 cm³/mol. The van der Waals surface area contributed by atoms with Crippen LogP contribution in [-0.2, 0) is 9.84 Å². The van der Waals surface area contributed by atoms with Crippen molar-refractivity contribution >= 4 is 22.2 Å². The second-order valence-electron chi connectivity index (χ2n) is 5.45. The van der Waals surface area contributed by atoms with Crippen molar-refractivity contribution in [3.05, 3.63) is 29.8 Å². The van der Waals surface area contributed by atoms with Gasteiger partial charge in [0.25, 0.3) is 5.92 Å². The first-order valence-electron chi connectivity index (χ1n) is 6.99. The molecule has 1 aliphatic rings. The lowest BCUT2D eigenvalue weighted by atomic mass is 9.98. The Balaban J connectivity index is 0.00000264. The molecule has 0 saturated carbocycles. The van der Waals surface area contributed by atoms with E-state index in [1.807, 2.05) is 0 Å². The molecule has 0 aliphatic carbocycles. The van der Waals surface area contributed by atoms with E-state index in [0.29, 0.717) is 31.7 Å². The average Bonchev–Trinajstić information content (AvgIpc) is 2.48. The number of hydrogen-bond donors (Lipinski definition) is 2. The number of nitrogens with zero attached hydrogens (tertiary/aromatic N) is 1. The summed E-state index contributed by atoms with van der Waals surface area (Å²) in [6.45, 7) is 0.816. The maximum atomic E-state index is 14.2. The zero-order valence-corrected chi connectivity index (χ0v) is 14.3. The van der Waals surface area contributed by atoms with Crippen LogP contribution in [0.1, 0.15) is 11.6 Å². The van der Waals surface area contributed by atoms with Gasteiger partial charge in [-0.2, -0.15) is 0 Å². The summed E-state index contributed by atoms with van der Waals surface area (Å²) >= 11 is 0. The minimum atomic E-state index is -3.37. The molecule has 2 rings (SSSR count). The summed E-state index contributed by atoms with van der Waals surface area (Å²) in [6, 6.07) is 4.17. The number of aliphatic hydroxyl groups excluding tert-OH is 1. The molecule has 5 nitrogen and oxygen atoms in total. The minimum absolute atomic E-state index is 0. The molecule has 23 heavy (non-hydrogen) atoms. The van der Waals surface area contributed by atoms with Crippen molar-refractivity contribution in [1.82, 2.24) is 10.2 Å². The van der Waals surface area contributed by atoms with Gasteiger partial charge in [0, 0.05) is 32.4 Å². The van der Waals surface area contributed by atoms with Crippen LogP contribution in [-0.4, -0.2) is 63.4 Å². The van der Waals surface area contributed by atoms with Crippen LogP contribution in [0.5, 0.6) is 0 Å². The summed E-state index contributed by atoms with van der Waals surface area (Å²) < 4.78 is 51.3. The molecule has 1 heterocycles. The largest absolute Gasteiger partial charge is 0.390 e. The highest BCUT2D eigenvalue weighted by Gasteiger charge is 2.44. The fourth-order valence-corrected chi connectivity index (χ4v) is 3.28. The van der Waals surface area contributed by atoms with Crippen LogP contribution in [0.2, 0.25) is 0 Å². The summed E-state index contributed by atoms with van der Waals surface area (Å²) in [7, 11) is -3.37. The molecule has 1 aliphatic heterocycles. The van der Waals surface area contributed by atoms with Crippen LogP contribution < -0.4 is 5.32 Å². The smallest absolute Gasteiger partial charge is 0.289 e. The summed E-state index contributed by atoms with van der Waals surface area (Å²) in [4.78, 5) is 1.70. The number of alkyl halides is 2. The fraction of sp³-hybridized carbons (Fsp3) is 0.571. The normalized spacial score (nSPS) is 18.3. The molecule has 1 aromatic rings. The van der Waals surface area contributed by atoms with Gasteiger partial charge in [-0.15, -0.1) is 12.4 Å². The van der Waals surface area contributed by atoms with E-state index in [9.17, 15) is 17.2 Å². The predicted octanol–water partition coefficient (Wildman–Crippen LogP) is 1.09. The topological polar surface area (TPSA) is 69.6 Å². The van der Waals surface area contributed by atoms with Crippen LogP contribution in [0.15, 0.2) is 29.2 Å². The highest BCUT2D eigenvalue weighted by atomic mass is 35.5. The number of sulfone groups is 1. The first kappa shape index (κ1) is 20.2. The lowest BCUT2D eigenvalue weighted by molar-refractivity contribution is -0.118. The molecule has 0 amide bonds. The van der Waals surface area contributed by atoms with Gasteiger partial charge in [-0.3, -0.25) is 4.90 Å². The maximum absolute atomic E-state index is 14.2. The lowest BCUT2D eigenvalue weighted by Gasteiger charge is -2.38. The number of halogens is 3. The Kier molecular flexibility index (Phi) is 6.91. The molecule has 1 fully saturated rings. The Morgan fingerprint density at radius 3 is 2.22 bits per heavy atom. The van der Waals surface area contributed by atoms with E-state index >= 15 is 0 Å². The van der Waals surface area contributed by atoms with E-state index in [4.69, 9.17) is 5.11 Å². The van der Waals surface area contributed by atoms with Crippen molar-refractivity contribution in [3.63, 3.8) is 0 Å². The molecule has 0 radical (unpaired) electrons. The number of piperazine rings is 1. The third-order valence-corrected chi connectivity index (χ3v) is 4.88. The van der Waals surface area contributed by atoms with Crippen LogP contribution in [0.3, 0.4) is 0 Å². The quantitative estimate of drug-likeness (QED) is 0.812. The van der Waals surface area contributed by atoms with Gasteiger partial charge in [-0.1, -0.05) is 12.1 Å². The van der Waals surface area contributed by atoms with Crippen LogP contribution in [0, 0.1) is 0 Å². The zero-order valence-electron chi connectivity index (χ0n) is 12.7. The van der Waals surface area contributed by atoms with Crippen LogP contribution in [0.25, 0.3) is 0 Å². The second kappa shape index (κ2) is 7.85. The SMILES string of the molecule is CS(=O)(=O)c1ccc([C@H](N2CCNCC2)C(F)(F)CO)cc1.Cl. The Morgan fingerprint density at radius 2 is 1.78 bits per heavy atom. The van der Waals surface area contributed by atoms with E-state index in [-0.39, 0.29) is 17.3 Å². The third kappa shape index (κ3) is 4.84. The van der Waals surface area contributed by atoms with Gasteiger partial charge in [0.15, 0.2) is 9.84 Å². The molecular weight excluding hydrogens is 350 g/mol. The number of nitrogens with one attached hydrogen (secondary N) is 1. The van der Waals surface area contributed by atoms with Gasteiger partial charge in [-0.05, 0) is 17.7 Å². The minimum Gasteiger partial charge on any atom is -0.390 e. The van der Waals surface area contributed by atoms with Crippen molar-refractivity contribution in [2.45, 2.75) is 16.9 Å². The van der Waals surface area contributed by atoms with Crippen molar-refractivity contribution < 1.29 is 22.3 Å². The standard InChI is InChI=1S/C14H20F2N2O3S.ClH/c1-22(20,21)12-4-2-11(3-5-12)13(14(15,16)10-19)18-8-6-17-7-9-18;/h2-5,13,17,19H,6-10H2,1H3;1H/t13-;/m0./s1. The molecular formula is C14H21ClF2N2O3S. The number of hydrogen-bond acceptors (Lipinski definition) is 5. The molecule has 0 spiro atoms. The maximum Gasteiger partial charge on any atom is 0.289 e. The van der Waals surface area contributed by atoms with Gasteiger partial charge >= 0.3 is 0 Å². The van der Waals surface area contributed by atoms with Crippen molar-refractivity contribution in [2.24, 2.45) is 0 Å².